The van der Waals surface area contributed by atoms with Crippen molar-refractivity contribution in [2.45, 2.75) is 13.8 Å². The normalized spacial score (nSPS) is 16.1. The molecule has 0 atom stereocenters. The van der Waals surface area contributed by atoms with Crippen LogP contribution in [-0.4, -0.2) is 22.8 Å². The number of methoxy groups -OCH3 is 1. The summed E-state index contributed by atoms with van der Waals surface area (Å²) in [5.74, 6) is 0.774. The number of halogens is 1. The number of aryl methyl sites for hydroxylation is 2. The molecule has 0 saturated carbocycles. The third-order valence-electron chi connectivity index (χ3n) is 4.01. The summed E-state index contributed by atoms with van der Waals surface area (Å²) < 4.78 is 6.63. The highest BCUT2D eigenvalue weighted by atomic mass is 79.9. The van der Waals surface area contributed by atoms with E-state index in [0.717, 1.165) is 42.9 Å². The Kier molecular flexibility index (Phi) is 3.73. The minimum absolute atomic E-state index is 0.774. The zero-order valence-corrected chi connectivity index (χ0v) is 15.9. The molecule has 0 saturated heterocycles. The fourth-order valence-electron chi connectivity index (χ4n) is 2.89. The summed E-state index contributed by atoms with van der Waals surface area (Å²) >= 11 is 5.19. The molecule has 3 aromatic heterocycles. The number of thiophene rings is 1. The Morgan fingerprint density at radius 1 is 1.21 bits per heavy atom. The Morgan fingerprint density at radius 2 is 2.04 bits per heavy atom. The number of H-pyrrole nitrogens is 2. The third kappa shape index (κ3) is 2.65. The molecule has 0 amide bonds. The van der Waals surface area contributed by atoms with Gasteiger partial charge in [0.1, 0.15) is 16.3 Å². The maximum atomic E-state index is 5.51. The van der Waals surface area contributed by atoms with E-state index in [2.05, 4.69) is 57.9 Å². The van der Waals surface area contributed by atoms with Gasteiger partial charge in [-0.3, -0.25) is 0 Å². The number of aromatic nitrogens is 2. The number of rotatable bonds is 3. The zero-order valence-electron chi connectivity index (χ0n) is 13.5. The fourth-order valence-corrected chi connectivity index (χ4v) is 4.40. The SMILES string of the molecule is COC1=CC(c2cc3cc(Br)sc3[nH]2)=NC1=Cc1[nH]c(C)cc1C. The molecule has 0 fully saturated rings. The van der Waals surface area contributed by atoms with E-state index in [0.29, 0.717) is 0 Å². The van der Waals surface area contributed by atoms with Crippen LogP contribution in [-0.2, 0) is 4.74 Å². The molecule has 0 radical (unpaired) electrons. The van der Waals surface area contributed by atoms with Crippen LogP contribution < -0.4 is 0 Å². The largest absolute Gasteiger partial charge is 0.494 e. The zero-order chi connectivity index (χ0) is 16.8. The predicted molar refractivity (Wildman–Crippen MR) is 104 cm³/mol. The van der Waals surface area contributed by atoms with E-state index < -0.39 is 0 Å². The molecule has 122 valence electrons. The van der Waals surface area contributed by atoms with E-state index in [4.69, 9.17) is 9.73 Å². The Balaban J connectivity index is 1.75. The Bertz CT molecular complexity index is 1000. The summed E-state index contributed by atoms with van der Waals surface area (Å²) in [6.45, 7) is 4.14. The molecular formula is C18H16BrN3OS. The van der Waals surface area contributed by atoms with Crippen LogP contribution in [0.25, 0.3) is 16.3 Å². The quantitative estimate of drug-likeness (QED) is 0.613. The first kappa shape index (κ1) is 15.5. The number of hydrogen-bond donors (Lipinski definition) is 2. The van der Waals surface area contributed by atoms with E-state index in [1.165, 1.54) is 10.9 Å². The molecule has 0 unspecified atom stereocenters. The van der Waals surface area contributed by atoms with Gasteiger partial charge in [-0.25, -0.2) is 4.99 Å². The number of fused-ring (bicyclic) bond motifs is 1. The smallest absolute Gasteiger partial charge is 0.146 e. The summed E-state index contributed by atoms with van der Waals surface area (Å²) in [5.41, 5.74) is 6.12. The molecule has 0 aromatic carbocycles. The molecule has 2 N–H and O–H groups in total. The second-order valence-corrected chi connectivity index (χ2v) is 8.24. The van der Waals surface area contributed by atoms with Crippen LogP contribution in [0.3, 0.4) is 0 Å². The van der Waals surface area contributed by atoms with Gasteiger partial charge in [-0.15, -0.1) is 11.3 Å². The van der Waals surface area contributed by atoms with Crippen molar-refractivity contribution in [1.29, 1.82) is 0 Å². The number of aliphatic imine (C=N–C) groups is 1. The number of allylic oxidation sites excluding steroid dienone is 1. The third-order valence-corrected chi connectivity index (χ3v) is 5.58. The van der Waals surface area contributed by atoms with Crippen molar-refractivity contribution in [3.05, 3.63) is 62.2 Å². The molecule has 1 aliphatic heterocycles. The molecule has 0 spiro atoms. The average molecular weight is 402 g/mol. The first-order valence-electron chi connectivity index (χ1n) is 7.54. The fraction of sp³-hybridized carbons (Fsp3) is 0.167. The van der Waals surface area contributed by atoms with E-state index in [-0.39, 0.29) is 0 Å². The highest BCUT2D eigenvalue weighted by Gasteiger charge is 2.19. The van der Waals surface area contributed by atoms with Crippen molar-refractivity contribution in [3.63, 3.8) is 0 Å². The molecule has 1 aliphatic rings. The maximum absolute atomic E-state index is 5.51. The number of nitrogens with zero attached hydrogens (tertiary/aromatic N) is 1. The summed E-state index contributed by atoms with van der Waals surface area (Å²) in [6.07, 6.45) is 4.01. The number of hydrogen-bond acceptors (Lipinski definition) is 3. The molecule has 4 heterocycles. The van der Waals surface area contributed by atoms with Gasteiger partial charge in [0.25, 0.3) is 0 Å². The monoisotopic (exact) mass is 401 g/mol. The lowest BCUT2D eigenvalue weighted by Gasteiger charge is -2.01. The van der Waals surface area contributed by atoms with E-state index in [9.17, 15) is 0 Å². The number of ether oxygens (including phenoxy) is 1. The second kappa shape index (κ2) is 5.79. The van der Waals surface area contributed by atoms with Crippen LogP contribution in [0.1, 0.15) is 22.6 Å². The van der Waals surface area contributed by atoms with Gasteiger partial charge in [0.2, 0.25) is 0 Å². The van der Waals surface area contributed by atoms with E-state index in [1.54, 1.807) is 18.4 Å². The van der Waals surface area contributed by atoms with Crippen molar-refractivity contribution < 1.29 is 4.74 Å². The number of nitrogens with one attached hydrogen (secondary N) is 2. The molecule has 4 nitrogen and oxygen atoms in total. The maximum Gasteiger partial charge on any atom is 0.146 e. The molecule has 24 heavy (non-hydrogen) atoms. The van der Waals surface area contributed by atoms with Gasteiger partial charge in [-0.1, -0.05) is 0 Å². The predicted octanol–water partition coefficient (Wildman–Crippen LogP) is 5.31. The summed E-state index contributed by atoms with van der Waals surface area (Å²) in [6, 6.07) is 6.35. The lowest BCUT2D eigenvalue weighted by Crippen LogP contribution is -1.93. The van der Waals surface area contributed by atoms with Crippen molar-refractivity contribution in [2.24, 2.45) is 4.99 Å². The summed E-state index contributed by atoms with van der Waals surface area (Å²) in [5, 5.41) is 1.19. The van der Waals surface area contributed by atoms with Gasteiger partial charge in [0.15, 0.2) is 0 Å². The van der Waals surface area contributed by atoms with Gasteiger partial charge in [-0.2, -0.15) is 0 Å². The van der Waals surface area contributed by atoms with Crippen molar-refractivity contribution in [2.75, 3.05) is 7.11 Å². The second-order valence-electron chi connectivity index (χ2n) is 5.81. The topological polar surface area (TPSA) is 53.2 Å². The van der Waals surface area contributed by atoms with Gasteiger partial charge in [0, 0.05) is 22.9 Å². The van der Waals surface area contributed by atoms with Crippen LogP contribution in [0.15, 0.2) is 44.5 Å². The molecule has 0 bridgehead atoms. The van der Waals surface area contributed by atoms with Crippen molar-refractivity contribution in [1.82, 2.24) is 9.97 Å². The molecule has 4 rings (SSSR count). The lowest BCUT2D eigenvalue weighted by atomic mass is 10.2. The minimum Gasteiger partial charge on any atom is -0.494 e. The Hall–Kier alpha value is -2.05. The van der Waals surface area contributed by atoms with Crippen molar-refractivity contribution >= 4 is 49.3 Å². The Labute approximate surface area is 152 Å². The van der Waals surface area contributed by atoms with Gasteiger partial charge in [-0.05, 0) is 59.6 Å². The van der Waals surface area contributed by atoms with Crippen molar-refractivity contribution in [3.8, 4) is 0 Å². The van der Waals surface area contributed by atoms with Gasteiger partial charge < -0.3 is 14.7 Å². The highest BCUT2D eigenvalue weighted by molar-refractivity contribution is 9.11. The summed E-state index contributed by atoms with van der Waals surface area (Å²) in [4.78, 5) is 12.7. The van der Waals surface area contributed by atoms with Crippen LogP contribution in [0.2, 0.25) is 0 Å². The molecule has 6 heteroatoms. The molecular weight excluding hydrogens is 386 g/mol. The average Bonchev–Trinajstić information content (AvgIpc) is 3.23. The van der Waals surface area contributed by atoms with Crippen LogP contribution in [0.4, 0.5) is 0 Å². The minimum atomic E-state index is 0.774. The first-order valence-corrected chi connectivity index (χ1v) is 9.15. The first-order chi connectivity index (χ1) is 11.5. The summed E-state index contributed by atoms with van der Waals surface area (Å²) in [7, 11) is 1.68. The van der Waals surface area contributed by atoms with Gasteiger partial charge in [0.05, 0.1) is 22.3 Å². The van der Waals surface area contributed by atoms with Crippen LogP contribution in [0, 0.1) is 13.8 Å². The van der Waals surface area contributed by atoms with Crippen LogP contribution in [0.5, 0.6) is 0 Å². The van der Waals surface area contributed by atoms with Crippen LogP contribution >= 0.6 is 27.3 Å². The number of aromatic amines is 2. The molecule has 3 aromatic rings. The van der Waals surface area contributed by atoms with E-state index in [1.807, 2.05) is 12.2 Å². The molecule has 0 aliphatic carbocycles. The lowest BCUT2D eigenvalue weighted by molar-refractivity contribution is 0.303. The van der Waals surface area contributed by atoms with Gasteiger partial charge >= 0.3 is 0 Å². The highest BCUT2D eigenvalue weighted by Crippen LogP contribution is 2.32. The Morgan fingerprint density at radius 3 is 2.71 bits per heavy atom. The standard InChI is InChI=1S/C18H16BrN3OS/c1-9-4-10(2)20-12(9)7-15-16(23-3)8-14(21-15)13-5-11-6-17(19)24-18(11)22-13/h4-8,20,22H,1-3H3. The van der Waals surface area contributed by atoms with E-state index >= 15 is 0 Å².